The molecule has 2 aromatic carbocycles. The number of nitrogens with two attached hydrogens (primary N) is 1. The molecular weight excluding hydrogens is 404 g/mol. The molecule has 0 aliphatic heterocycles. The number of nitrogen functional groups attached to an aromatic ring is 1. The van der Waals surface area contributed by atoms with Crippen LogP contribution in [-0.2, 0) is 16.0 Å². The smallest absolute Gasteiger partial charge is 0.328 e. The summed E-state index contributed by atoms with van der Waals surface area (Å²) in [6.07, 6.45) is 1.30. The zero-order valence-electron chi connectivity index (χ0n) is 17.4. The Morgan fingerprint density at radius 3 is 2.16 bits per heavy atom. The summed E-state index contributed by atoms with van der Waals surface area (Å²) in [7, 11) is 1.65. The molecule has 31 heavy (non-hydrogen) atoms. The zero-order valence-corrected chi connectivity index (χ0v) is 17.4. The number of carbonyl (C=O) groups is 2. The Morgan fingerprint density at radius 1 is 1.10 bits per heavy atom. The summed E-state index contributed by atoms with van der Waals surface area (Å²) >= 11 is 0. The van der Waals surface area contributed by atoms with E-state index in [4.69, 9.17) is 20.7 Å². The van der Waals surface area contributed by atoms with Crippen LogP contribution in [-0.4, -0.2) is 52.1 Å². The van der Waals surface area contributed by atoms with Gasteiger partial charge in [-0.25, -0.2) is 9.59 Å². The van der Waals surface area contributed by atoms with Gasteiger partial charge >= 0.3 is 11.9 Å². The lowest BCUT2D eigenvalue weighted by atomic mass is 10.1. The lowest BCUT2D eigenvalue weighted by molar-refractivity contribution is -0.134. The molecule has 2 unspecified atom stereocenters. The van der Waals surface area contributed by atoms with Crippen LogP contribution < -0.4 is 15.8 Å². The number of hydrogen-bond acceptors (Lipinski definition) is 7. The van der Waals surface area contributed by atoms with Crippen LogP contribution in [0.25, 0.3) is 0 Å². The van der Waals surface area contributed by atoms with Gasteiger partial charge in [0.25, 0.3) is 0 Å². The predicted octanol–water partition coefficient (Wildman–Crippen LogP) is 1.95. The number of hydrogen-bond donors (Lipinski definition) is 6. The van der Waals surface area contributed by atoms with Gasteiger partial charge < -0.3 is 36.2 Å². The maximum Gasteiger partial charge on any atom is 0.328 e. The average molecular weight is 432 g/mol. The number of phenolic OH excluding ortho intramolecular Hbond substituents is 1. The number of aliphatic carboxylic acids is 2. The zero-order chi connectivity index (χ0) is 23.4. The van der Waals surface area contributed by atoms with Crippen molar-refractivity contribution >= 4 is 17.6 Å². The van der Waals surface area contributed by atoms with Crippen LogP contribution in [0.15, 0.2) is 54.6 Å². The first-order chi connectivity index (χ1) is 14.6. The summed E-state index contributed by atoms with van der Waals surface area (Å²) in [5.41, 5.74) is 7.81. The van der Waals surface area contributed by atoms with Crippen molar-refractivity contribution in [2.45, 2.75) is 25.5 Å². The second-order valence-corrected chi connectivity index (χ2v) is 6.71. The van der Waals surface area contributed by atoms with Gasteiger partial charge in [-0.3, -0.25) is 0 Å². The summed E-state index contributed by atoms with van der Waals surface area (Å²) in [4.78, 5) is 19.1. The summed E-state index contributed by atoms with van der Waals surface area (Å²) in [5.74, 6) is -1.64. The van der Waals surface area contributed by atoms with Gasteiger partial charge in [-0.1, -0.05) is 18.2 Å². The van der Waals surface area contributed by atoms with Crippen molar-refractivity contribution in [3.63, 3.8) is 0 Å². The lowest BCUT2D eigenvalue weighted by Crippen LogP contribution is -2.32. The molecule has 0 saturated carbocycles. The van der Waals surface area contributed by atoms with Crippen molar-refractivity contribution in [2.24, 2.45) is 0 Å². The molecular formula is C22H28N2O7. The van der Waals surface area contributed by atoms with E-state index in [1.807, 2.05) is 24.3 Å². The first-order valence-corrected chi connectivity index (χ1v) is 9.39. The fourth-order valence-corrected chi connectivity index (χ4v) is 2.54. The maximum absolute atomic E-state index is 10.2. The number of benzene rings is 2. The van der Waals surface area contributed by atoms with E-state index >= 15 is 0 Å². The summed E-state index contributed by atoms with van der Waals surface area (Å²) < 4.78 is 5.14. The highest BCUT2D eigenvalue weighted by atomic mass is 16.5. The molecule has 0 spiro atoms. The lowest BCUT2D eigenvalue weighted by Gasteiger charge is -2.18. The van der Waals surface area contributed by atoms with Crippen molar-refractivity contribution in [1.82, 2.24) is 5.32 Å². The average Bonchev–Trinajstić information content (AvgIpc) is 2.73. The van der Waals surface area contributed by atoms with Gasteiger partial charge in [0.2, 0.25) is 0 Å². The van der Waals surface area contributed by atoms with Crippen LogP contribution in [0.1, 0.15) is 24.2 Å². The largest absolute Gasteiger partial charge is 0.506 e. The second kappa shape index (κ2) is 12.9. The molecule has 0 radical (unpaired) electrons. The Morgan fingerprint density at radius 2 is 1.68 bits per heavy atom. The van der Waals surface area contributed by atoms with Gasteiger partial charge in [0, 0.05) is 24.7 Å². The summed E-state index contributed by atoms with van der Waals surface area (Å²) in [6, 6.07) is 12.9. The molecule has 0 bridgehead atoms. The second-order valence-electron chi connectivity index (χ2n) is 6.71. The van der Waals surface area contributed by atoms with Gasteiger partial charge in [-0.15, -0.1) is 0 Å². The minimum atomic E-state index is -1.26. The maximum atomic E-state index is 10.2. The first-order valence-electron chi connectivity index (χ1n) is 9.39. The summed E-state index contributed by atoms with van der Waals surface area (Å²) in [5, 5.41) is 38.5. The van der Waals surface area contributed by atoms with E-state index in [-0.39, 0.29) is 17.5 Å². The van der Waals surface area contributed by atoms with Crippen LogP contribution >= 0.6 is 0 Å². The van der Waals surface area contributed by atoms with Gasteiger partial charge in [-0.05, 0) is 48.7 Å². The standard InChI is InChI=1S/C18H24N2O3.C4H4O4/c1-12(9-13-3-6-15(23-2)7-4-13)20-11-18(22)14-5-8-17(21)16(19)10-14;5-3(6)1-2-4(7)8/h3-8,10,12,18,20-22H,9,11,19H2,1-2H3;1-2H,(H,5,6)(H,7,8). The number of carboxylic acids is 2. The Labute approximate surface area is 180 Å². The molecule has 9 heteroatoms. The molecule has 0 aromatic heterocycles. The Bertz CT molecular complexity index is 866. The molecule has 0 heterocycles. The quantitative estimate of drug-likeness (QED) is 0.197. The SMILES string of the molecule is COc1ccc(CC(C)NCC(O)c2ccc(O)c(N)c2)cc1.O=C(O)C=CC(=O)O. The third kappa shape index (κ3) is 10.2. The van der Waals surface area contributed by atoms with Crippen LogP contribution in [0.3, 0.4) is 0 Å². The van der Waals surface area contributed by atoms with E-state index in [0.717, 1.165) is 12.2 Å². The number of nitrogens with one attached hydrogen (secondary N) is 1. The fourth-order valence-electron chi connectivity index (χ4n) is 2.54. The van der Waals surface area contributed by atoms with E-state index in [1.165, 1.54) is 11.6 Å². The number of phenols is 1. The molecule has 2 rings (SSSR count). The van der Waals surface area contributed by atoms with Crippen molar-refractivity contribution < 1.29 is 34.8 Å². The number of aliphatic hydroxyl groups is 1. The van der Waals surface area contributed by atoms with E-state index in [2.05, 4.69) is 12.2 Å². The van der Waals surface area contributed by atoms with E-state index in [9.17, 15) is 19.8 Å². The number of anilines is 1. The molecule has 168 valence electrons. The minimum Gasteiger partial charge on any atom is -0.506 e. The molecule has 0 aliphatic rings. The van der Waals surface area contributed by atoms with Crippen LogP contribution in [0.4, 0.5) is 5.69 Å². The third-order valence-electron chi connectivity index (χ3n) is 4.17. The van der Waals surface area contributed by atoms with Crippen molar-refractivity contribution in [1.29, 1.82) is 0 Å². The number of carboxylic acid groups (broad SMARTS) is 2. The molecule has 2 atom stereocenters. The first kappa shape index (κ1) is 25.5. The van der Waals surface area contributed by atoms with Gasteiger partial charge in [0.05, 0.1) is 18.9 Å². The van der Waals surface area contributed by atoms with Crippen molar-refractivity contribution in [3.05, 3.63) is 65.7 Å². The fraction of sp³-hybridized carbons (Fsp3) is 0.273. The van der Waals surface area contributed by atoms with Crippen LogP contribution in [0.5, 0.6) is 11.5 Å². The number of aliphatic hydroxyl groups excluding tert-OH is 1. The number of ether oxygens (including phenoxy) is 1. The van der Waals surface area contributed by atoms with E-state index in [0.29, 0.717) is 24.3 Å². The number of aromatic hydroxyl groups is 1. The third-order valence-corrected chi connectivity index (χ3v) is 4.17. The van der Waals surface area contributed by atoms with E-state index in [1.54, 1.807) is 19.2 Å². The van der Waals surface area contributed by atoms with Crippen LogP contribution in [0.2, 0.25) is 0 Å². The normalized spacial score (nSPS) is 12.5. The Hall–Kier alpha value is -3.56. The number of rotatable bonds is 9. The number of methoxy groups -OCH3 is 1. The van der Waals surface area contributed by atoms with Crippen LogP contribution in [0, 0.1) is 0 Å². The van der Waals surface area contributed by atoms with Crippen molar-refractivity contribution in [3.8, 4) is 11.5 Å². The van der Waals surface area contributed by atoms with Crippen molar-refractivity contribution in [2.75, 3.05) is 19.4 Å². The highest BCUT2D eigenvalue weighted by Gasteiger charge is 2.11. The Balaban J connectivity index is 0.000000512. The molecule has 0 aliphatic carbocycles. The van der Waals surface area contributed by atoms with E-state index < -0.39 is 18.0 Å². The molecule has 0 fully saturated rings. The summed E-state index contributed by atoms with van der Waals surface area (Å²) in [6.45, 7) is 2.49. The van der Waals surface area contributed by atoms with Gasteiger partial charge in [0.1, 0.15) is 11.5 Å². The molecule has 7 N–H and O–H groups in total. The predicted molar refractivity (Wildman–Crippen MR) is 116 cm³/mol. The molecule has 9 nitrogen and oxygen atoms in total. The highest BCUT2D eigenvalue weighted by molar-refractivity contribution is 5.89. The molecule has 0 amide bonds. The van der Waals surface area contributed by atoms with Gasteiger partial charge in [-0.2, -0.15) is 0 Å². The highest BCUT2D eigenvalue weighted by Crippen LogP contribution is 2.24. The molecule has 2 aromatic rings. The monoisotopic (exact) mass is 432 g/mol. The van der Waals surface area contributed by atoms with Gasteiger partial charge in [0.15, 0.2) is 0 Å². The Kier molecular flexibility index (Phi) is 10.6. The topological polar surface area (TPSA) is 162 Å². The minimum absolute atomic E-state index is 0.0294. The molecule has 0 saturated heterocycles.